The number of halogens is 1. The van der Waals surface area contributed by atoms with E-state index in [2.05, 4.69) is 9.98 Å². The molecule has 5 nitrogen and oxygen atoms in total. The van der Waals surface area contributed by atoms with E-state index in [9.17, 15) is 4.79 Å². The molecule has 0 radical (unpaired) electrons. The van der Waals surface area contributed by atoms with Crippen LogP contribution in [0.25, 0.3) is 11.5 Å². The van der Waals surface area contributed by atoms with E-state index in [4.69, 9.17) is 20.8 Å². The molecule has 2 aromatic carbocycles. The summed E-state index contributed by atoms with van der Waals surface area (Å²) in [6.07, 6.45) is 1.73. The molecule has 0 amide bonds. The molecule has 0 bridgehead atoms. The number of nitrogens with zero attached hydrogens (tertiary/aromatic N) is 2. The molecule has 0 spiro atoms. The SMILES string of the molecule is CCC(=O)Oc1oc(-c2ccccc2)nc1C=Nc1ccc(Cl)cc1. The Labute approximate surface area is 149 Å². The summed E-state index contributed by atoms with van der Waals surface area (Å²) in [6.45, 7) is 1.71. The molecule has 3 aromatic rings. The molecule has 1 heterocycles. The van der Waals surface area contributed by atoms with Crippen LogP contribution in [0.4, 0.5) is 5.69 Å². The van der Waals surface area contributed by atoms with Gasteiger partial charge in [0.15, 0.2) is 5.69 Å². The van der Waals surface area contributed by atoms with Crippen molar-refractivity contribution >= 4 is 29.5 Å². The Morgan fingerprint density at radius 3 is 2.60 bits per heavy atom. The fourth-order valence-corrected chi connectivity index (χ4v) is 2.14. The van der Waals surface area contributed by atoms with Crippen LogP contribution in [0.5, 0.6) is 5.95 Å². The van der Waals surface area contributed by atoms with E-state index < -0.39 is 5.97 Å². The molecule has 0 aliphatic carbocycles. The highest BCUT2D eigenvalue weighted by atomic mass is 35.5. The molecule has 0 saturated heterocycles. The van der Waals surface area contributed by atoms with Crippen molar-refractivity contribution in [3.05, 3.63) is 65.3 Å². The first-order valence-electron chi connectivity index (χ1n) is 7.72. The number of oxazole rings is 1. The van der Waals surface area contributed by atoms with Crippen molar-refractivity contribution in [1.82, 2.24) is 4.98 Å². The standard InChI is InChI=1S/C19H15ClN2O3/c1-2-17(23)24-19-16(12-21-15-10-8-14(20)9-11-15)22-18(25-19)13-6-4-3-5-7-13/h3-12H,2H2,1H3. The average molecular weight is 355 g/mol. The lowest BCUT2D eigenvalue weighted by atomic mass is 10.2. The van der Waals surface area contributed by atoms with Crippen molar-refractivity contribution < 1.29 is 13.9 Å². The first kappa shape index (κ1) is 16.9. The van der Waals surface area contributed by atoms with E-state index in [0.29, 0.717) is 22.3 Å². The van der Waals surface area contributed by atoms with Gasteiger partial charge in [-0.3, -0.25) is 9.79 Å². The molecular formula is C19H15ClN2O3. The van der Waals surface area contributed by atoms with Crippen molar-refractivity contribution in [1.29, 1.82) is 0 Å². The van der Waals surface area contributed by atoms with Gasteiger partial charge in [-0.05, 0) is 36.4 Å². The third kappa shape index (κ3) is 4.33. The van der Waals surface area contributed by atoms with Crippen molar-refractivity contribution in [3.8, 4) is 17.4 Å². The number of carbonyl (C=O) groups is 1. The predicted octanol–water partition coefficient (Wildman–Crippen LogP) is 5.06. The van der Waals surface area contributed by atoms with Crippen LogP contribution in [0, 0.1) is 0 Å². The first-order valence-corrected chi connectivity index (χ1v) is 8.10. The summed E-state index contributed by atoms with van der Waals surface area (Å²) < 4.78 is 10.8. The van der Waals surface area contributed by atoms with Crippen LogP contribution >= 0.6 is 11.6 Å². The smallest absolute Gasteiger partial charge is 0.322 e. The maximum Gasteiger partial charge on any atom is 0.322 e. The second-order valence-electron chi connectivity index (χ2n) is 5.12. The number of benzene rings is 2. The van der Waals surface area contributed by atoms with Gasteiger partial charge >= 0.3 is 11.9 Å². The van der Waals surface area contributed by atoms with Gasteiger partial charge in [-0.2, -0.15) is 0 Å². The summed E-state index contributed by atoms with van der Waals surface area (Å²) in [5.41, 5.74) is 1.82. The zero-order valence-corrected chi connectivity index (χ0v) is 14.2. The molecule has 0 unspecified atom stereocenters. The summed E-state index contributed by atoms with van der Waals surface area (Å²) in [7, 11) is 0. The van der Waals surface area contributed by atoms with Crippen molar-refractivity contribution in [2.45, 2.75) is 13.3 Å². The zero-order valence-electron chi connectivity index (χ0n) is 13.5. The average Bonchev–Trinajstić information content (AvgIpc) is 3.04. The van der Waals surface area contributed by atoms with Crippen LogP contribution in [0.3, 0.4) is 0 Å². The highest BCUT2D eigenvalue weighted by Crippen LogP contribution is 2.27. The molecule has 0 N–H and O–H groups in total. The minimum atomic E-state index is -0.406. The summed E-state index contributed by atoms with van der Waals surface area (Å²) in [5.74, 6) is -0.0163. The number of hydrogen-bond acceptors (Lipinski definition) is 5. The molecule has 1 aromatic heterocycles. The monoisotopic (exact) mass is 354 g/mol. The van der Waals surface area contributed by atoms with E-state index in [-0.39, 0.29) is 12.4 Å². The number of rotatable bonds is 5. The van der Waals surface area contributed by atoms with Gasteiger partial charge in [0.2, 0.25) is 5.89 Å². The van der Waals surface area contributed by atoms with Gasteiger partial charge in [-0.25, -0.2) is 4.98 Å². The Hall–Kier alpha value is -2.92. The van der Waals surface area contributed by atoms with Gasteiger partial charge in [0, 0.05) is 17.0 Å². The highest BCUT2D eigenvalue weighted by molar-refractivity contribution is 6.30. The lowest BCUT2D eigenvalue weighted by molar-refractivity contribution is -0.135. The largest absolute Gasteiger partial charge is 0.405 e. The predicted molar refractivity (Wildman–Crippen MR) is 96.6 cm³/mol. The molecule has 126 valence electrons. The van der Waals surface area contributed by atoms with Gasteiger partial charge < -0.3 is 9.15 Å². The third-order valence-corrected chi connectivity index (χ3v) is 3.55. The summed E-state index contributed by atoms with van der Waals surface area (Å²) in [6, 6.07) is 16.4. The van der Waals surface area contributed by atoms with Gasteiger partial charge in [-0.1, -0.05) is 36.7 Å². The van der Waals surface area contributed by atoms with Crippen LogP contribution in [-0.2, 0) is 4.79 Å². The highest BCUT2D eigenvalue weighted by Gasteiger charge is 2.17. The maximum absolute atomic E-state index is 11.6. The molecule has 3 rings (SSSR count). The topological polar surface area (TPSA) is 64.7 Å². The lowest BCUT2D eigenvalue weighted by Gasteiger charge is -1.98. The Kier molecular flexibility index (Phi) is 5.26. The van der Waals surface area contributed by atoms with Gasteiger partial charge in [0.25, 0.3) is 0 Å². The Morgan fingerprint density at radius 1 is 1.20 bits per heavy atom. The van der Waals surface area contributed by atoms with E-state index in [0.717, 1.165) is 5.56 Å². The molecule has 0 atom stereocenters. The maximum atomic E-state index is 11.6. The normalized spacial score (nSPS) is 11.0. The molecular weight excluding hydrogens is 340 g/mol. The van der Waals surface area contributed by atoms with E-state index in [1.807, 2.05) is 30.3 Å². The summed E-state index contributed by atoms with van der Waals surface area (Å²) in [5, 5.41) is 0.629. The number of carbonyl (C=O) groups excluding carboxylic acids is 1. The quantitative estimate of drug-likeness (QED) is 0.474. The van der Waals surface area contributed by atoms with Crippen molar-refractivity contribution in [2.24, 2.45) is 4.99 Å². The number of ether oxygens (including phenoxy) is 1. The van der Waals surface area contributed by atoms with Crippen LogP contribution < -0.4 is 4.74 Å². The van der Waals surface area contributed by atoms with E-state index in [1.165, 1.54) is 6.21 Å². The summed E-state index contributed by atoms with van der Waals surface area (Å²) in [4.78, 5) is 20.3. The number of aliphatic imine (C=N–C) groups is 1. The van der Waals surface area contributed by atoms with E-state index >= 15 is 0 Å². The minimum Gasteiger partial charge on any atom is -0.405 e. The Balaban J connectivity index is 1.93. The van der Waals surface area contributed by atoms with Crippen molar-refractivity contribution in [2.75, 3.05) is 0 Å². The molecule has 0 fully saturated rings. The van der Waals surface area contributed by atoms with Crippen LogP contribution in [-0.4, -0.2) is 17.2 Å². The molecule has 25 heavy (non-hydrogen) atoms. The van der Waals surface area contributed by atoms with Crippen LogP contribution in [0.2, 0.25) is 5.02 Å². The Morgan fingerprint density at radius 2 is 1.92 bits per heavy atom. The van der Waals surface area contributed by atoms with Crippen LogP contribution in [0.15, 0.2) is 64.0 Å². The van der Waals surface area contributed by atoms with Crippen LogP contribution in [0.1, 0.15) is 19.0 Å². The molecule has 0 aliphatic rings. The van der Waals surface area contributed by atoms with E-state index in [1.54, 1.807) is 31.2 Å². The second kappa shape index (κ2) is 7.77. The number of esters is 1. The molecule has 0 saturated carbocycles. The van der Waals surface area contributed by atoms with Gasteiger partial charge in [0.05, 0.1) is 11.9 Å². The lowest BCUT2D eigenvalue weighted by Crippen LogP contribution is -2.06. The minimum absolute atomic E-state index is 0.0309. The first-order chi connectivity index (χ1) is 12.2. The van der Waals surface area contributed by atoms with Crippen molar-refractivity contribution in [3.63, 3.8) is 0 Å². The fraction of sp³-hybridized carbons (Fsp3) is 0.105. The summed E-state index contributed by atoms with van der Waals surface area (Å²) >= 11 is 5.86. The van der Waals surface area contributed by atoms with Gasteiger partial charge in [-0.15, -0.1) is 0 Å². The van der Waals surface area contributed by atoms with Gasteiger partial charge in [0.1, 0.15) is 0 Å². The second-order valence-corrected chi connectivity index (χ2v) is 5.56. The zero-order chi connectivity index (χ0) is 17.6. The fourth-order valence-electron chi connectivity index (χ4n) is 2.02. The molecule has 0 aliphatic heterocycles. The number of aromatic nitrogens is 1. The number of hydrogen-bond donors (Lipinski definition) is 0. The third-order valence-electron chi connectivity index (χ3n) is 3.30. The molecule has 6 heteroatoms. The Bertz CT molecular complexity index is 887.